The lowest BCUT2D eigenvalue weighted by molar-refractivity contribution is 0.126. The summed E-state index contributed by atoms with van der Waals surface area (Å²) >= 11 is 3.30. The second kappa shape index (κ2) is 6.38. The molecule has 2 N–H and O–H groups in total. The van der Waals surface area contributed by atoms with Crippen molar-refractivity contribution < 1.29 is 9.84 Å². The van der Waals surface area contributed by atoms with Gasteiger partial charge in [0.05, 0.1) is 11.1 Å². The van der Waals surface area contributed by atoms with Crippen LogP contribution in [0, 0.1) is 5.92 Å². The first-order chi connectivity index (χ1) is 8.25. The highest BCUT2D eigenvalue weighted by atomic mass is 79.9. The molecule has 0 bridgehead atoms. The average Bonchev–Trinajstić information content (AvgIpc) is 3.12. The number of halogens is 1. The molecule has 0 amide bonds. The number of benzene rings is 1. The Labute approximate surface area is 110 Å². The average molecular weight is 300 g/mol. The summed E-state index contributed by atoms with van der Waals surface area (Å²) in [4.78, 5) is 0. The normalized spacial score (nSPS) is 15.1. The molecule has 1 aromatic rings. The summed E-state index contributed by atoms with van der Waals surface area (Å²) in [5.74, 6) is 1.12. The van der Waals surface area contributed by atoms with Crippen LogP contribution in [0.3, 0.4) is 0 Å². The Morgan fingerprint density at radius 1 is 1.41 bits per heavy atom. The first kappa shape index (κ1) is 12.9. The monoisotopic (exact) mass is 299 g/mol. The minimum atomic E-state index is 0.279. The van der Waals surface area contributed by atoms with Crippen molar-refractivity contribution in [1.29, 1.82) is 0 Å². The highest BCUT2D eigenvalue weighted by Crippen LogP contribution is 2.28. The van der Waals surface area contributed by atoms with Crippen molar-refractivity contribution in [2.75, 3.05) is 19.8 Å². The zero-order valence-electron chi connectivity index (χ0n) is 9.79. The molecule has 17 heavy (non-hydrogen) atoms. The van der Waals surface area contributed by atoms with Crippen molar-refractivity contribution in [3.8, 4) is 5.75 Å². The molecule has 0 unspecified atom stereocenters. The molecule has 1 aromatic carbocycles. The molecule has 0 heterocycles. The Hall–Kier alpha value is -0.580. The molecule has 0 radical (unpaired) electrons. The lowest BCUT2D eigenvalue weighted by Gasteiger charge is -2.07. The van der Waals surface area contributed by atoms with E-state index < -0.39 is 0 Å². The topological polar surface area (TPSA) is 41.5 Å². The van der Waals surface area contributed by atoms with E-state index >= 15 is 0 Å². The van der Waals surface area contributed by atoms with Crippen molar-refractivity contribution >= 4 is 15.9 Å². The molecule has 1 aliphatic carbocycles. The van der Waals surface area contributed by atoms with Gasteiger partial charge in [0.1, 0.15) is 5.75 Å². The summed E-state index contributed by atoms with van der Waals surface area (Å²) in [6.07, 6.45) is 2.68. The number of phenolic OH excluding ortho intramolecular Hbond substituents is 1. The molecule has 1 saturated carbocycles. The molecule has 1 fully saturated rings. The minimum Gasteiger partial charge on any atom is -0.507 e. The van der Waals surface area contributed by atoms with Gasteiger partial charge < -0.3 is 15.2 Å². The smallest absolute Gasteiger partial charge is 0.129 e. The number of rotatable bonds is 7. The van der Waals surface area contributed by atoms with Gasteiger partial charge in [-0.25, -0.2) is 0 Å². The predicted octanol–water partition coefficient (Wildman–Crippen LogP) is 2.67. The number of hydrogen-bond acceptors (Lipinski definition) is 3. The Balaban J connectivity index is 1.58. The third kappa shape index (κ3) is 4.66. The first-order valence-electron chi connectivity index (χ1n) is 6.01. The maximum Gasteiger partial charge on any atom is 0.129 e. The molecular weight excluding hydrogens is 282 g/mol. The summed E-state index contributed by atoms with van der Waals surface area (Å²) in [5, 5.41) is 12.7. The summed E-state index contributed by atoms with van der Waals surface area (Å²) in [5.41, 5.74) is 1.15. The Morgan fingerprint density at radius 3 is 2.94 bits per heavy atom. The number of phenols is 1. The number of aromatic hydroxyl groups is 1. The van der Waals surface area contributed by atoms with Gasteiger partial charge in [0.2, 0.25) is 0 Å². The van der Waals surface area contributed by atoms with Gasteiger partial charge in [-0.1, -0.05) is 6.07 Å². The summed E-state index contributed by atoms with van der Waals surface area (Å²) in [6.45, 7) is 3.36. The van der Waals surface area contributed by atoms with Crippen LogP contribution < -0.4 is 5.32 Å². The van der Waals surface area contributed by atoms with Crippen LogP contribution in [0.1, 0.15) is 18.4 Å². The van der Waals surface area contributed by atoms with Crippen molar-refractivity contribution in [3.63, 3.8) is 0 Å². The quantitative estimate of drug-likeness (QED) is 0.761. The molecule has 0 saturated heterocycles. The van der Waals surface area contributed by atoms with Gasteiger partial charge >= 0.3 is 0 Å². The highest BCUT2D eigenvalue weighted by molar-refractivity contribution is 9.10. The van der Waals surface area contributed by atoms with Crippen LogP contribution in [0.15, 0.2) is 22.7 Å². The van der Waals surface area contributed by atoms with E-state index in [-0.39, 0.29) is 5.75 Å². The molecule has 1 aliphatic rings. The van der Waals surface area contributed by atoms with E-state index in [1.807, 2.05) is 12.1 Å². The predicted molar refractivity (Wildman–Crippen MR) is 71.1 cm³/mol. The van der Waals surface area contributed by atoms with Crippen LogP contribution >= 0.6 is 15.9 Å². The molecule has 4 heteroatoms. The Bertz CT molecular complexity index is 366. The Kier molecular flexibility index (Phi) is 4.83. The Morgan fingerprint density at radius 2 is 2.24 bits per heavy atom. The van der Waals surface area contributed by atoms with Gasteiger partial charge in [-0.15, -0.1) is 0 Å². The van der Waals surface area contributed by atoms with E-state index in [1.165, 1.54) is 12.8 Å². The third-order valence-corrected chi connectivity index (χ3v) is 3.45. The number of nitrogens with one attached hydrogen (secondary N) is 1. The van der Waals surface area contributed by atoms with Crippen LogP contribution in [0.4, 0.5) is 0 Å². The minimum absolute atomic E-state index is 0.279. The van der Waals surface area contributed by atoms with E-state index in [4.69, 9.17) is 4.74 Å². The first-order valence-corrected chi connectivity index (χ1v) is 6.81. The molecule has 2 rings (SSSR count). The molecule has 0 aliphatic heterocycles. The van der Waals surface area contributed by atoms with Gasteiger partial charge in [-0.2, -0.15) is 0 Å². The summed E-state index contributed by atoms with van der Waals surface area (Å²) in [7, 11) is 0. The van der Waals surface area contributed by atoms with Crippen molar-refractivity contribution in [2.24, 2.45) is 5.92 Å². The molecule has 94 valence electrons. The van der Waals surface area contributed by atoms with Crippen molar-refractivity contribution in [3.05, 3.63) is 28.2 Å². The largest absolute Gasteiger partial charge is 0.507 e. The molecular formula is C13H18BrNO2. The maximum absolute atomic E-state index is 9.36. The molecule has 0 atom stereocenters. The molecule has 3 nitrogen and oxygen atoms in total. The van der Waals surface area contributed by atoms with Crippen LogP contribution in [0.5, 0.6) is 5.75 Å². The van der Waals surface area contributed by atoms with Crippen molar-refractivity contribution in [1.82, 2.24) is 5.32 Å². The van der Waals surface area contributed by atoms with Crippen LogP contribution in [-0.2, 0) is 11.3 Å². The second-order valence-electron chi connectivity index (χ2n) is 4.48. The van der Waals surface area contributed by atoms with Gasteiger partial charge in [0.25, 0.3) is 0 Å². The van der Waals surface area contributed by atoms with Crippen LogP contribution in [0.25, 0.3) is 0 Å². The maximum atomic E-state index is 9.36. The lowest BCUT2D eigenvalue weighted by atomic mass is 10.2. The van der Waals surface area contributed by atoms with E-state index in [2.05, 4.69) is 21.2 Å². The fourth-order valence-corrected chi connectivity index (χ4v) is 2.00. The number of ether oxygens (including phenoxy) is 1. The van der Waals surface area contributed by atoms with Gasteiger partial charge in [-0.3, -0.25) is 0 Å². The fraction of sp³-hybridized carbons (Fsp3) is 0.538. The number of hydrogen-bond donors (Lipinski definition) is 2. The molecule has 0 aromatic heterocycles. The third-order valence-electron chi connectivity index (χ3n) is 2.81. The van der Waals surface area contributed by atoms with Crippen LogP contribution in [0.2, 0.25) is 0 Å². The van der Waals surface area contributed by atoms with Crippen LogP contribution in [-0.4, -0.2) is 24.9 Å². The fourth-order valence-electron chi connectivity index (χ4n) is 1.57. The SMILES string of the molecule is Oc1ccc(CNCCOCC2CC2)cc1Br. The van der Waals surface area contributed by atoms with E-state index in [0.29, 0.717) is 0 Å². The van der Waals surface area contributed by atoms with E-state index in [9.17, 15) is 5.11 Å². The van der Waals surface area contributed by atoms with Crippen molar-refractivity contribution in [2.45, 2.75) is 19.4 Å². The van der Waals surface area contributed by atoms with Gasteiger partial charge in [-0.05, 0) is 52.4 Å². The standard InChI is InChI=1S/C13H18BrNO2/c14-12-7-11(3-4-13(12)16)8-15-5-6-17-9-10-1-2-10/h3-4,7,10,15-16H,1-2,5-6,8-9H2. The van der Waals surface area contributed by atoms with Gasteiger partial charge in [0, 0.05) is 19.7 Å². The zero-order valence-corrected chi connectivity index (χ0v) is 11.4. The lowest BCUT2D eigenvalue weighted by Crippen LogP contribution is -2.19. The van der Waals surface area contributed by atoms with Gasteiger partial charge in [0.15, 0.2) is 0 Å². The second-order valence-corrected chi connectivity index (χ2v) is 5.34. The summed E-state index contributed by atoms with van der Waals surface area (Å²) < 4.78 is 6.26. The van der Waals surface area contributed by atoms with E-state index in [0.717, 1.165) is 42.3 Å². The summed E-state index contributed by atoms with van der Waals surface area (Å²) in [6, 6.07) is 5.54. The highest BCUT2D eigenvalue weighted by Gasteiger charge is 2.20. The molecule has 0 spiro atoms. The zero-order chi connectivity index (χ0) is 12.1. The van der Waals surface area contributed by atoms with E-state index in [1.54, 1.807) is 6.07 Å².